The number of ether oxygens (including phenoxy) is 1. The largest absolute Gasteiger partial charge is 0.507 e. The zero-order valence-electron chi connectivity index (χ0n) is 18.2. The Morgan fingerprint density at radius 3 is 2.33 bits per heavy atom. The fourth-order valence-corrected chi connectivity index (χ4v) is 4.28. The molecule has 1 fully saturated rings. The van der Waals surface area contributed by atoms with Crippen molar-refractivity contribution in [2.75, 3.05) is 45.9 Å². The molecule has 0 bridgehead atoms. The van der Waals surface area contributed by atoms with E-state index in [-0.39, 0.29) is 24.0 Å². The number of aryl methyl sites for hydroxylation is 1. The number of aromatic nitrogens is 1. The maximum atomic E-state index is 13.3. The molecule has 0 aliphatic carbocycles. The Kier molecular flexibility index (Phi) is 7.53. The zero-order chi connectivity index (χ0) is 21.7. The number of β-amino-alcohol motifs (C(OH)–C–C–N with tert-alkyl or cyclic N) is 1. The highest BCUT2D eigenvalue weighted by atomic mass is 16.5. The van der Waals surface area contributed by atoms with E-state index in [1.807, 2.05) is 45.0 Å². The molecular weight excluding hydrogens is 382 g/mol. The summed E-state index contributed by atoms with van der Waals surface area (Å²) in [5, 5.41) is 20.1. The van der Waals surface area contributed by atoms with Gasteiger partial charge in [0.15, 0.2) is 0 Å². The third-order valence-corrected chi connectivity index (χ3v) is 5.81. The normalized spacial score (nSPS) is 16.5. The monoisotopic (exact) mass is 415 g/mol. The molecule has 0 amide bonds. The van der Waals surface area contributed by atoms with Gasteiger partial charge in [-0.3, -0.25) is 14.6 Å². The fourth-order valence-electron chi connectivity index (χ4n) is 4.28. The molecule has 0 spiro atoms. The molecule has 0 unspecified atom stereocenters. The van der Waals surface area contributed by atoms with Gasteiger partial charge in [0.2, 0.25) is 0 Å². The van der Waals surface area contributed by atoms with Gasteiger partial charge in [-0.25, -0.2) is 0 Å². The van der Waals surface area contributed by atoms with Gasteiger partial charge >= 0.3 is 0 Å². The van der Waals surface area contributed by atoms with Crippen LogP contribution >= 0.6 is 0 Å². The summed E-state index contributed by atoms with van der Waals surface area (Å²) in [5.74, 6) is 0.825. The molecule has 7 heteroatoms. The van der Waals surface area contributed by atoms with Crippen LogP contribution in [-0.2, 0) is 6.54 Å². The first-order chi connectivity index (χ1) is 14.5. The van der Waals surface area contributed by atoms with Crippen molar-refractivity contribution < 1.29 is 14.9 Å². The Balaban J connectivity index is 2.04. The molecular formula is C23H33N3O4. The number of piperazine rings is 1. The molecule has 0 radical (unpaired) electrons. The minimum Gasteiger partial charge on any atom is -0.507 e. The third kappa shape index (κ3) is 4.69. The molecule has 7 nitrogen and oxygen atoms in total. The number of nitrogens with zero attached hydrogens (tertiary/aromatic N) is 3. The maximum absolute atomic E-state index is 13.3. The fraction of sp³-hybridized carbons (Fsp3) is 0.522. The second-order valence-electron chi connectivity index (χ2n) is 7.64. The summed E-state index contributed by atoms with van der Waals surface area (Å²) in [6.45, 7) is 10.8. The Morgan fingerprint density at radius 1 is 1.10 bits per heavy atom. The Morgan fingerprint density at radius 2 is 1.77 bits per heavy atom. The van der Waals surface area contributed by atoms with Crippen LogP contribution in [0.15, 0.2) is 35.1 Å². The highest BCUT2D eigenvalue weighted by Crippen LogP contribution is 2.34. The van der Waals surface area contributed by atoms with Crippen molar-refractivity contribution in [3.8, 4) is 11.5 Å². The second-order valence-corrected chi connectivity index (χ2v) is 7.64. The lowest BCUT2D eigenvalue weighted by Crippen LogP contribution is -2.49. The Hall–Kier alpha value is -2.35. The average Bonchev–Trinajstić information content (AvgIpc) is 2.73. The smallest absolute Gasteiger partial charge is 0.259 e. The van der Waals surface area contributed by atoms with E-state index in [2.05, 4.69) is 9.80 Å². The number of benzene rings is 1. The first-order valence-electron chi connectivity index (χ1n) is 10.7. The van der Waals surface area contributed by atoms with Gasteiger partial charge in [-0.2, -0.15) is 0 Å². The predicted molar refractivity (Wildman–Crippen MR) is 117 cm³/mol. The van der Waals surface area contributed by atoms with E-state index < -0.39 is 0 Å². The molecule has 3 rings (SSSR count). The first kappa shape index (κ1) is 22.3. The highest BCUT2D eigenvalue weighted by Gasteiger charge is 2.31. The van der Waals surface area contributed by atoms with Crippen molar-refractivity contribution in [3.05, 3.63) is 57.5 Å². The number of pyridine rings is 1. The van der Waals surface area contributed by atoms with Crippen LogP contribution in [0.4, 0.5) is 0 Å². The van der Waals surface area contributed by atoms with Gasteiger partial charge in [0.25, 0.3) is 5.56 Å². The Labute approximate surface area is 178 Å². The summed E-state index contributed by atoms with van der Waals surface area (Å²) < 4.78 is 7.28. The van der Waals surface area contributed by atoms with Crippen LogP contribution in [0.2, 0.25) is 0 Å². The van der Waals surface area contributed by atoms with Crippen LogP contribution in [0.25, 0.3) is 0 Å². The van der Waals surface area contributed by atoms with Crippen LogP contribution in [0.3, 0.4) is 0 Å². The lowest BCUT2D eigenvalue weighted by Gasteiger charge is -2.39. The predicted octanol–water partition coefficient (Wildman–Crippen LogP) is 1.98. The van der Waals surface area contributed by atoms with Crippen molar-refractivity contribution in [1.82, 2.24) is 14.4 Å². The van der Waals surface area contributed by atoms with Crippen molar-refractivity contribution in [2.24, 2.45) is 0 Å². The number of hydrogen-bond acceptors (Lipinski definition) is 6. The standard InChI is InChI=1S/C23H33N3O4/c1-4-26-17(3)16-20(28)21(23(26)29)22(18-6-8-19(9-7-18)30-5-2)25-12-10-24(11-13-25)14-15-27/h6-9,16,22,27-28H,4-5,10-15H2,1-3H3/t22-/m0/s1. The van der Waals surface area contributed by atoms with Gasteiger partial charge in [-0.05, 0) is 44.5 Å². The Bertz CT molecular complexity index is 887. The minimum atomic E-state index is -0.345. The van der Waals surface area contributed by atoms with Crippen molar-refractivity contribution in [2.45, 2.75) is 33.4 Å². The van der Waals surface area contributed by atoms with Gasteiger partial charge < -0.3 is 19.5 Å². The van der Waals surface area contributed by atoms with Gasteiger partial charge in [0.1, 0.15) is 11.5 Å². The summed E-state index contributed by atoms with van der Waals surface area (Å²) >= 11 is 0. The molecule has 0 saturated carbocycles. The third-order valence-electron chi connectivity index (χ3n) is 5.81. The van der Waals surface area contributed by atoms with Gasteiger partial charge in [0.05, 0.1) is 24.8 Å². The van der Waals surface area contributed by atoms with Crippen LogP contribution in [0.5, 0.6) is 11.5 Å². The summed E-state index contributed by atoms with van der Waals surface area (Å²) in [7, 11) is 0. The molecule has 2 heterocycles. The summed E-state index contributed by atoms with van der Waals surface area (Å²) in [6, 6.07) is 9.12. The molecule has 1 aliphatic rings. The maximum Gasteiger partial charge on any atom is 0.259 e. The van der Waals surface area contributed by atoms with E-state index >= 15 is 0 Å². The number of aliphatic hydroxyl groups is 1. The zero-order valence-corrected chi connectivity index (χ0v) is 18.2. The number of aliphatic hydroxyl groups excluding tert-OH is 1. The molecule has 1 aliphatic heterocycles. The minimum absolute atomic E-state index is 0.0406. The highest BCUT2D eigenvalue weighted by molar-refractivity contribution is 5.42. The molecule has 164 valence electrons. The quantitative estimate of drug-likeness (QED) is 0.687. The van der Waals surface area contributed by atoms with E-state index in [9.17, 15) is 15.0 Å². The van der Waals surface area contributed by atoms with Crippen LogP contribution in [0.1, 0.15) is 36.7 Å². The lowest BCUT2D eigenvalue weighted by molar-refractivity contribution is 0.0932. The molecule has 1 aromatic heterocycles. The molecule has 2 N–H and O–H groups in total. The summed E-state index contributed by atoms with van der Waals surface area (Å²) in [5.41, 5.74) is 1.98. The van der Waals surface area contributed by atoms with Gasteiger partial charge in [0, 0.05) is 45.0 Å². The van der Waals surface area contributed by atoms with E-state index in [0.717, 1.165) is 43.2 Å². The molecule has 1 saturated heterocycles. The van der Waals surface area contributed by atoms with Crippen LogP contribution in [-0.4, -0.2) is 70.5 Å². The molecule has 1 atom stereocenters. The van der Waals surface area contributed by atoms with E-state index in [1.54, 1.807) is 10.6 Å². The molecule has 2 aromatic rings. The van der Waals surface area contributed by atoms with Crippen LogP contribution in [0, 0.1) is 6.92 Å². The summed E-state index contributed by atoms with van der Waals surface area (Å²) in [4.78, 5) is 17.8. The summed E-state index contributed by atoms with van der Waals surface area (Å²) in [6.07, 6.45) is 0. The SMILES string of the molecule is CCOc1ccc([C@@H](c2c(O)cc(C)n(CC)c2=O)N2CCN(CCO)CC2)cc1. The second kappa shape index (κ2) is 10.1. The van der Waals surface area contributed by atoms with E-state index in [4.69, 9.17) is 4.74 Å². The molecule has 30 heavy (non-hydrogen) atoms. The number of hydrogen-bond donors (Lipinski definition) is 2. The van der Waals surface area contributed by atoms with Crippen LogP contribution < -0.4 is 10.3 Å². The van der Waals surface area contributed by atoms with Crippen molar-refractivity contribution >= 4 is 0 Å². The van der Waals surface area contributed by atoms with Gasteiger partial charge in [-0.1, -0.05) is 12.1 Å². The van der Waals surface area contributed by atoms with Gasteiger partial charge in [-0.15, -0.1) is 0 Å². The van der Waals surface area contributed by atoms with Crippen molar-refractivity contribution in [3.63, 3.8) is 0 Å². The number of aromatic hydroxyl groups is 1. The van der Waals surface area contributed by atoms with E-state index in [0.29, 0.717) is 25.3 Å². The van der Waals surface area contributed by atoms with Crippen molar-refractivity contribution in [1.29, 1.82) is 0 Å². The topological polar surface area (TPSA) is 78.2 Å². The average molecular weight is 416 g/mol. The lowest BCUT2D eigenvalue weighted by atomic mass is 9.96. The number of rotatable bonds is 8. The van der Waals surface area contributed by atoms with E-state index in [1.165, 1.54) is 0 Å². The molecule has 1 aromatic carbocycles. The first-order valence-corrected chi connectivity index (χ1v) is 10.7.